The van der Waals surface area contributed by atoms with E-state index in [9.17, 15) is 9.59 Å². The third-order valence-electron chi connectivity index (χ3n) is 5.72. The SMILES string of the molecule is COc1ccc(CSC[C@H](N)C(=O)N[C@@H](C(=O)OC(c2ccccc2)c2ccccc2)C(C)C)cc1. The number of amides is 1. The largest absolute Gasteiger partial charge is 0.497 e. The molecule has 0 radical (unpaired) electrons. The summed E-state index contributed by atoms with van der Waals surface area (Å²) in [5, 5.41) is 2.82. The Kier molecular flexibility index (Phi) is 10.4. The lowest BCUT2D eigenvalue weighted by Crippen LogP contribution is -2.52. The number of nitrogens with two attached hydrogens (primary N) is 1. The molecule has 3 rings (SSSR count). The lowest BCUT2D eigenvalue weighted by atomic mass is 10.0. The zero-order valence-corrected chi connectivity index (χ0v) is 21.7. The quantitative estimate of drug-likeness (QED) is 0.345. The number of carbonyl (C=O) groups is 2. The Morgan fingerprint density at radius 1 is 0.889 bits per heavy atom. The van der Waals surface area contributed by atoms with Crippen molar-refractivity contribution in [1.29, 1.82) is 0 Å². The van der Waals surface area contributed by atoms with Gasteiger partial charge in [-0.25, -0.2) is 4.79 Å². The molecule has 0 aliphatic rings. The van der Waals surface area contributed by atoms with Crippen LogP contribution in [0, 0.1) is 5.92 Å². The number of rotatable bonds is 12. The molecule has 0 fully saturated rings. The molecule has 6 nitrogen and oxygen atoms in total. The molecule has 3 N–H and O–H groups in total. The molecule has 0 heterocycles. The van der Waals surface area contributed by atoms with Crippen molar-refractivity contribution in [1.82, 2.24) is 5.32 Å². The molecule has 7 heteroatoms. The highest BCUT2D eigenvalue weighted by Crippen LogP contribution is 2.27. The molecule has 0 saturated carbocycles. The first-order valence-electron chi connectivity index (χ1n) is 12.0. The van der Waals surface area contributed by atoms with E-state index in [0.717, 1.165) is 28.2 Å². The molecule has 190 valence electrons. The van der Waals surface area contributed by atoms with Crippen LogP contribution in [0.15, 0.2) is 84.9 Å². The number of benzene rings is 3. The number of carbonyl (C=O) groups excluding carboxylic acids is 2. The zero-order chi connectivity index (χ0) is 25.9. The van der Waals surface area contributed by atoms with Gasteiger partial charge in [-0.05, 0) is 34.7 Å². The maximum Gasteiger partial charge on any atom is 0.329 e. The second-order valence-electron chi connectivity index (χ2n) is 8.84. The van der Waals surface area contributed by atoms with E-state index in [2.05, 4.69) is 5.32 Å². The third kappa shape index (κ3) is 7.86. The Balaban J connectivity index is 1.60. The molecule has 0 bridgehead atoms. The van der Waals surface area contributed by atoms with Crippen LogP contribution in [0.2, 0.25) is 0 Å². The molecule has 0 aliphatic carbocycles. The first kappa shape index (κ1) is 27.3. The minimum Gasteiger partial charge on any atom is -0.497 e. The van der Waals surface area contributed by atoms with Crippen molar-refractivity contribution in [3.63, 3.8) is 0 Å². The van der Waals surface area contributed by atoms with E-state index >= 15 is 0 Å². The Bertz CT molecular complexity index is 1050. The fourth-order valence-corrected chi connectivity index (χ4v) is 4.58. The number of hydrogen-bond acceptors (Lipinski definition) is 6. The smallest absolute Gasteiger partial charge is 0.329 e. The lowest BCUT2D eigenvalue weighted by Gasteiger charge is -2.26. The van der Waals surface area contributed by atoms with Crippen LogP contribution >= 0.6 is 11.8 Å². The summed E-state index contributed by atoms with van der Waals surface area (Å²) >= 11 is 1.56. The number of methoxy groups -OCH3 is 1. The van der Waals surface area contributed by atoms with Crippen molar-refractivity contribution in [2.75, 3.05) is 12.9 Å². The van der Waals surface area contributed by atoms with E-state index in [1.54, 1.807) is 18.9 Å². The average molecular weight is 507 g/mol. The highest BCUT2D eigenvalue weighted by atomic mass is 32.2. The number of nitrogens with one attached hydrogen (secondary N) is 1. The molecule has 0 saturated heterocycles. The Morgan fingerprint density at radius 2 is 1.44 bits per heavy atom. The van der Waals surface area contributed by atoms with Gasteiger partial charge in [-0.15, -0.1) is 0 Å². The molecule has 0 aromatic heterocycles. The number of ether oxygens (including phenoxy) is 2. The van der Waals surface area contributed by atoms with Crippen molar-refractivity contribution in [3.8, 4) is 5.75 Å². The van der Waals surface area contributed by atoms with Gasteiger partial charge in [0.25, 0.3) is 0 Å². The molecular weight excluding hydrogens is 472 g/mol. The molecule has 0 spiro atoms. The van der Waals surface area contributed by atoms with E-state index in [0.29, 0.717) is 5.75 Å². The second kappa shape index (κ2) is 13.7. The molecule has 0 unspecified atom stereocenters. The van der Waals surface area contributed by atoms with Crippen LogP contribution in [0.4, 0.5) is 0 Å². The fourth-order valence-electron chi connectivity index (χ4n) is 3.63. The molecule has 3 aromatic rings. The van der Waals surface area contributed by atoms with Crippen LogP contribution in [-0.2, 0) is 20.1 Å². The monoisotopic (exact) mass is 506 g/mol. The summed E-state index contributed by atoms with van der Waals surface area (Å²) < 4.78 is 11.2. The maximum atomic E-state index is 13.3. The molecular formula is C29H34N2O4S. The molecule has 3 aromatic carbocycles. The standard InChI is InChI=1S/C29H34N2O4S/c1-20(2)26(31-28(32)25(30)19-36-18-21-14-16-24(34-3)17-15-21)29(33)35-27(22-10-6-4-7-11-22)23-12-8-5-9-13-23/h4-17,20,25-27H,18-19,30H2,1-3H3,(H,31,32)/t25-,26+/m0/s1. The number of esters is 1. The first-order chi connectivity index (χ1) is 17.4. The summed E-state index contributed by atoms with van der Waals surface area (Å²) in [5.74, 6) is 0.907. The van der Waals surface area contributed by atoms with E-state index in [1.165, 1.54) is 0 Å². The summed E-state index contributed by atoms with van der Waals surface area (Å²) in [6.45, 7) is 3.74. The summed E-state index contributed by atoms with van der Waals surface area (Å²) in [6, 6.07) is 25.3. The summed E-state index contributed by atoms with van der Waals surface area (Å²) in [6.07, 6.45) is -0.577. The van der Waals surface area contributed by atoms with Crippen LogP contribution in [0.25, 0.3) is 0 Å². The zero-order valence-electron chi connectivity index (χ0n) is 20.9. The van der Waals surface area contributed by atoms with Gasteiger partial charge in [0.2, 0.25) is 5.91 Å². The predicted octanol–water partition coefficient (Wildman–Crippen LogP) is 4.73. The molecule has 1 amide bonds. The average Bonchev–Trinajstić information content (AvgIpc) is 2.91. The second-order valence-corrected chi connectivity index (χ2v) is 9.87. The van der Waals surface area contributed by atoms with Gasteiger partial charge in [0.05, 0.1) is 13.2 Å². The number of thioether (sulfide) groups is 1. The van der Waals surface area contributed by atoms with Gasteiger partial charge in [0.15, 0.2) is 6.10 Å². The molecule has 2 atom stereocenters. The van der Waals surface area contributed by atoms with Crippen molar-refractivity contribution in [2.45, 2.75) is 37.8 Å². The minimum atomic E-state index is -0.815. The van der Waals surface area contributed by atoms with Crippen molar-refractivity contribution in [3.05, 3.63) is 102 Å². The van der Waals surface area contributed by atoms with Crippen LogP contribution in [0.1, 0.15) is 36.6 Å². The van der Waals surface area contributed by atoms with Crippen molar-refractivity contribution >= 4 is 23.6 Å². The van der Waals surface area contributed by atoms with Crippen LogP contribution in [-0.4, -0.2) is 36.8 Å². The Morgan fingerprint density at radius 3 is 1.94 bits per heavy atom. The van der Waals surface area contributed by atoms with Crippen molar-refractivity contribution in [2.24, 2.45) is 11.7 Å². The van der Waals surface area contributed by atoms with E-state index in [-0.39, 0.29) is 11.8 Å². The van der Waals surface area contributed by atoms with Gasteiger partial charge in [0.1, 0.15) is 11.8 Å². The topological polar surface area (TPSA) is 90.6 Å². The molecule has 0 aliphatic heterocycles. The van der Waals surface area contributed by atoms with E-state index in [4.69, 9.17) is 15.2 Å². The molecule has 36 heavy (non-hydrogen) atoms. The summed E-state index contributed by atoms with van der Waals surface area (Å²) in [7, 11) is 1.63. The van der Waals surface area contributed by atoms with Crippen LogP contribution in [0.3, 0.4) is 0 Å². The highest BCUT2D eigenvalue weighted by Gasteiger charge is 2.30. The Hall–Kier alpha value is -3.29. The summed E-state index contributed by atoms with van der Waals surface area (Å²) in [5.41, 5.74) is 8.99. The fraction of sp³-hybridized carbons (Fsp3) is 0.310. The van der Waals surface area contributed by atoms with Gasteiger partial charge in [-0.1, -0.05) is 86.6 Å². The van der Waals surface area contributed by atoms with E-state index < -0.39 is 24.2 Å². The number of hydrogen-bond donors (Lipinski definition) is 2. The predicted molar refractivity (Wildman–Crippen MR) is 145 cm³/mol. The normalized spacial score (nSPS) is 12.7. The van der Waals surface area contributed by atoms with Gasteiger partial charge in [-0.2, -0.15) is 11.8 Å². The first-order valence-corrected chi connectivity index (χ1v) is 13.1. The van der Waals surface area contributed by atoms with Crippen LogP contribution in [0.5, 0.6) is 5.75 Å². The minimum absolute atomic E-state index is 0.173. The van der Waals surface area contributed by atoms with Crippen molar-refractivity contribution < 1.29 is 19.1 Å². The van der Waals surface area contributed by atoms with Crippen LogP contribution < -0.4 is 15.8 Å². The van der Waals surface area contributed by atoms with E-state index in [1.807, 2.05) is 98.8 Å². The van der Waals surface area contributed by atoms with Gasteiger partial charge in [0, 0.05) is 11.5 Å². The lowest BCUT2D eigenvalue weighted by molar-refractivity contribution is -0.153. The highest BCUT2D eigenvalue weighted by molar-refractivity contribution is 7.98. The van der Waals surface area contributed by atoms with Gasteiger partial charge < -0.3 is 20.5 Å². The third-order valence-corrected chi connectivity index (χ3v) is 6.85. The van der Waals surface area contributed by atoms with Gasteiger partial charge >= 0.3 is 5.97 Å². The Labute approximate surface area is 217 Å². The summed E-state index contributed by atoms with van der Waals surface area (Å²) in [4.78, 5) is 26.1. The maximum absolute atomic E-state index is 13.3. The van der Waals surface area contributed by atoms with Gasteiger partial charge in [-0.3, -0.25) is 4.79 Å².